The minimum absolute atomic E-state index is 0.113. The van der Waals surface area contributed by atoms with E-state index in [1.54, 1.807) is 24.9 Å². The molecular formula is C19H19F3N4O4. The zero-order valence-corrected chi connectivity index (χ0v) is 16.2. The molecule has 0 saturated heterocycles. The highest BCUT2D eigenvalue weighted by atomic mass is 19.4. The van der Waals surface area contributed by atoms with Crippen LogP contribution < -0.4 is 10.3 Å². The largest absolute Gasteiger partial charge is 0.573 e. The molecule has 2 heterocycles. The van der Waals surface area contributed by atoms with E-state index in [2.05, 4.69) is 14.8 Å². The molecule has 0 spiro atoms. The van der Waals surface area contributed by atoms with Crippen molar-refractivity contribution < 1.29 is 27.4 Å². The fourth-order valence-corrected chi connectivity index (χ4v) is 2.95. The average molecular weight is 424 g/mol. The molecule has 0 aliphatic rings. The smallest absolute Gasteiger partial charge is 0.462 e. The van der Waals surface area contributed by atoms with Crippen molar-refractivity contribution in [2.24, 2.45) is 0 Å². The van der Waals surface area contributed by atoms with Crippen LogP contribution in [0.2, 0.25) is 0 Å². The number of carbonyl (C=O) groups is 1. The molecule has 0 atom stereocenters. The van der Waals surface area contributed by atoms with Gasteiger partial charge in [0.1, 0.15) is 11.3 Å². The number of hydrogen-bond donors (Lipinski definition) is 1. The standard InChI is InChI=1S/C19H19F3N4O4/c1-3-29-18(28)14-9-23-26-16(27)8-13(24-17(14)26)11-25(2)10-12-6-4-5-7-15(12)30-19(20,21)22/h4-9,23H,3,10-11H2,1-2H3. The number of carbonyl (C=O) groups excluding carboxylic acids is 1. The van der Waals surface area contributed by atoms with Gasteiger partial charge in [0, 0.05) is 30.9 Å². The van der Waals surface area contributed by atoms with Gasteiger partial charge in [0.25, 0.3) is 5.56 Å². The Labute approximate surface area is 168 Å². The second-order valence-electron chi connectivity index (χ2n) is 6.48. The van der Waals surface area contributed by atoms with Crippen molar-refractivity contribution in [2.75, 3.05) is 13.7 Å². The number of nitrogens with zero attached hydrogens (tertiary/aromatic N) is 3. The van der Waals surface area contributed by atoms with Crippen molar-refractivity contribution in [1.29, 1.82) is 0 Å². The number of hydrogen-bond acceptors (Lipinski definition) is 6. The first-order valence-electron chi connectivity index (χ1n) is 8.97. The third kappa shape index (κ3) is 4.98. The molecule has 0 unspecified atom stereocenters. The van der Waals surface area contributed by atoms with E-state index in [0.29, 0.717) is 11.3 Å². The lowest BCUT2D eigenvalue weighted by molar-refractivity contribution is -0.275. The van der Waals surface area contributed by atoms with E-state index in [0.717, 1.165) is 4.52 Å². The van der Waals surface area contributed by atoms with E-state index in [-0.39, 0.29) is 36.7 Å². The Hall–Kier alpha value is -3.34. The number of para-hydroxylation sites is 1. The molecule has 30 heavy (non-hydrogen) atoms. The number of nitrogens with one attached hydrogen (secondary N) is 1. The summed E-state index contributed by atoms with van der Waals surface area (Å²) in [6.07, 6.45) is -3.46. The van der Waals surface area contributed by atoms with E-state index >= 15 is 0 Å². The highest BCUT2D eigenvalue weighted by Gasteiger charge is 2.32. The molecule has 11 heteroatoms. The quantitative estimate of drug-likeness (QED) is 0.587. The van der Waals surface area contributed by atoms with Crippen LogP contribution in [-0.4, -0.2) is 45.5 Å². The van der Waals surface area contributed by atoms with Crippen LogP contribution in [0.5, 0.6) is 5.75 Å². The SMILES string of the molecule is CCOC(=O)c1c[nH]n2c(=O)cc(CN(C)Cc3ccccc3OC(F)(F)F)nc12. The minimum atomic E-state index is -4.80. The summed E-state index contributed by atoms with van der Waals surface area (Å²) in [5.74, 6) is -0.914. The van der Waals surface area contributed by atoms with Gasteiger partial charge in [0.05, 0.1) is 12.3 Å². The summed E-state index contributed by atoms with van der Waals surface area (Å²) < 4.78 is 47.9. The van der Waals surface area contributed by atoms with Gasteiger partial charge in [-0.3, -0.25) is 14.8 Å². The van der Waals surface area contributed by atoms with Crippen LogP contribution in [0.25, 0.3) is 5.65 Å². The number of esters is 1. The fraction of sp³-hybridized carbons (Fsp3) is 0.316. The molecule has 0 aliphatic heterocycles. The number of ether oxygens (including phenoxy) is 2. The van der Waals surface area contributed by atoms with Crippen LogP contribution in [0, 0.1) is 0 Å². The summed E-state index contributed by atoms with van der Waals surface area (Å²) in [5.41, 5.74) is 0.470. The predicted molar refractivity (Wildman–Crippen MR) is 100 cm³/mol. The molecule has 1 aromatic carbocycles. The van der Waals surface area contributed by atoms with E-state index < -0.39 is 17.9 Å². The highest BCUT2D eigenvalue weighted by molar-refractivity contribution is 5.95. The van der Waals surface area contributed by atoms with Crippen LogP contribution in [-0.2, 0) is 17.8 Å². The number of rotatable bonds is 7. The summed E-state index contributed by atoms with van der Waals surface area (Å²) in [5, 5.41) is 2.65. The van der Waals surface area contributed by atoms with Gasteiger partial charge >= 0.3 is 12.3 Å². The summed E-state index contributed by atoms with van der Waals surface area (Å²) in [6, 6.07) is 7.10. The highest BCUT2D eigenvalue weighted by Crippen LogP contribution is 2.27. The van der Waals surface area contributed by atoms with Crippen molar-refractivity contribution in [3.05, 3.63) is 63.7 Å². The topological polar surface area (TPSA) is 88.9 Å². The van der Waals surface area contributed by atoms with Gasteiger partial charge in [-0.05, 0) is 20.0 Å². The van der Waals surface area contributed by atoms with Crippen LogP contribution >= 0.6 is 0 Å². The fourth-order valence-electron chi connectivity index (χ4n) is 2.95. The maximum absolute atomic E-state index is 12.6. The summed E-state index contributed by atoms with van der Waals surface area (Å²) in [7, 11) is 1.66. The zero-order valence-electron chi connectivity index (χ0n) is 16.2. The first-order valence-corrected chi connectivity index (χ1v) is 8.97. The molecular weight excluding hydrogens is 405 g/mol. The first kappa shape index (κ1) is 21.4. The Bertz CT molecular complexity index is 1110. The Kier molecular flexibility index (Phi) is 6.11. The molecule has 0 saturated carbocycles. The van der Waals surface area contributed by atoms with Crippen LogP contribution in [0.3, 0.4) is 0 Å². The third-order valence-electron chi connectivity index (χ3n) is 4.12. The normalized spacial score (nSPS) is 11.8. The molecule has 0 amide bonds. The number of alkyl halides is 3. The lowest BCUT2D eigenvalue weighted by Gasteiger charge is -2.19. The predicted octanol–water partition coefficient (Wildman–Crippen LogP) is 2.73. The van der Waals surface area contributed by atoms with Crippen molar-refractivity contribution in [1.82, 2.24) is 19.5 Å². The maximum Gasteiger partial charge on any atom is 0.573 e. The van der Waals surface area contributed by atoms with Crippen molar-refractivity contribution in [3.8, 4) is 5.75 Å². The number of aromatic nitrogens is 3. The second kappa shape index (κ2) is 8.57. The van der Waals surface area contributed by atoms with Crippen LogP contribution in [0.1, 0.15) is 28.5 Å². The molecule has 1 N–H and O–H groups in total. The molecule has 2 aromatic heterocycles. The van der Waals surface area contributed by atoms with Crippen molar-refractivity contribution in [3.63, 3.8) is 0 Å². The molecule has 3 rings (SSSR count). The van der Waals surface area contributed by atoms with Crippen molar-refractivity contribution in [2.45, 2.75) is 26.4 Å². The average Bonchev–Trinajstić information content (AvgIpc) is 3.07. The van der Waals surface area contributed by atoms with E-state index in [4.69, 9.17) is 4.74 Å². The molecule has 3 aromatic rings. The van der Waals surface area contributed by atoms with Gasteiger partial charge in [-0.25, -0.2) is 14.3 Å². The minimum Gasteiger partial charge on any atom is -0.462 e. The Morgan fingerprint density at radius 2 is 2.00 bits per heavy atom. The van der Waals surface area contributed by atoms with Crippen LogP contribution in [0.15, 0.2) is 41.3 Å². The van der Waals surface area contributed by atoms with Crippen LogP contribution in [0.4, 0.5) is 13.2 Å². The molecule has 0 bridgehead atoms. The number of halogens is 3. The molecule has 8 nitrogen and oxygen atoms in total. The van der Waals surface area contributed by atoms with E-state index in [1.165, 1.54) is 30.5 Å². The summed E-state index contributed by atoms with van der Waals surface area (Å²) in [4.78, 5) is 30.4. The number of aromatic amines is 1. The summed E-state index contributed by atoms with van der Waals surface area (Å²) >= 11 is 0. The third-order valence-corrected chi connectivity index (χ3v) is 4.12. The number of H-pyrrole nitrogens is 1. The van der Waals surface area contributed by atoms with Crippen molar-refractivity contribution >= 4 is 11.6 Å². The lowest BCUT2D eigenvalue weighted by Crippen LogP contribution is -2.23. The summed E-state index contributed by atoms with van der Waals surface area (Å²) in [6.45, 7) is 2.10. The maximum atomic E-state index is 12.6. The molecule has 0 aliphatic carbocycles. The second-order valence-corrected chi connectivity index (χ2v) is 6.48. The van der Waals surface area contributed by atoms with E-state index in [1.807, 2.05) is 0 Å². The molecule has 0 radical (unpaired) electrons. The number of fused-ring (bicyclic) bond motifs is 1. The van der Waals surface area contributed by atoms with Gasteiger partial charge < -0.3 is 9.47 Å². The van der Waals surface area contributed by atoms with E-state index in [9.17, 15) is 22.8 Å². The molecule has 0 fully saturated rings. The van der Waals surface area contributed by atoms with Gasteiger partial charge in [0.2, 0.25) is 0 Å². The Morgan fingerprint density at radius 1 is 1.27 bits per heavy atom. The van der Waals surface area contributed by atoms with Gasteiger partial charge in [-0.15, -0.1) is 13.2 Å². The molecule has 160 valence electrons. The Morgan fingerprint density at radius 3 is 2.70 bits per heavy atom. The zero-order chi connectivity index (χ0) is 21.9. The monoisotopic (exact) mass is 424 g/mol. The van der Waals surface area contributed by atoms with Gasteiger partial charge in [-0.1, -0.05) is 18.2 Å². The lowest BCUT2D eigenvalue weighted by atomic mass is 10.2. The van der Waals surface area contributed by atoms with Gasteiger partial charge in [-0.2, -0.15) is 0 Å². The number of benzene rings is 1. The first-order chi connectivity index (χ1) is 14.2. The van der Waals surface area contributed by atoms with Gasteiger partial charge in [0.15, 0.2) is 5.65 Å². The Balaban J connectivity index is 1.82.